The average molecular weight is 498 g/mol. The smallest absolute Gasteiger partial charge is 0.258 e. The van der Waals surface area contributed by atoms with Crippen molar-refractivity contribution < 1.29 is 22.7 Å². The van der Waals surface area contributed by atoms with Crippen molar-refractivity contribution in [1.29, 1.82) is 0 Å². The number of pyridine rings is 1. The lowest BCUT2D eigenvalue weighted by Gasteiger charge is -2.41. The summed E-state index contributed by atoms with van der Waals surface area (Å²) in [6, 6.07) is 4.98. The van der Waals surface area contributed by atoms with Crippen LogP contribution in [0.3, 0.4) is 0 Å². The lowest BCUT2D eigenvalue weighted by molar-refractivity contribution is 0.0514. The maximum atomic E-state index is 14.1. The van der Waals surface area contributed by atoms with Crippen LogP contribution in [0.5, 0.6) is 5.75 Å². The molecule has 4 heterocycles. The summed E-state index contributed by atoms with van der Waals surface area (Å²) in [4.78, 5) is 15.9. The minimum Gasteiger partial charge on any atom is -0.494 e. The van der Waals surface area contributed by atoms with Gasteiger partial charge in [0.1, 0.15) is 11.3 Å². The number of rotatable bonds is 5. The summed E-state index contributed by atoms with van der Waals surface area (Å²) in [5.74, 6) is -3.67. The second kappa shape index (κ2) is 9.00. The Morgan fingerprint density at radius 3 is 2.53 bits per heavy atom. The minimum absolute atomic E-state index is 0.190. The number of benzene rings is 1. The molecular formula is C26H26F3N5O2. The number of nitrogens with zero attached hydrogens (tertiary/aromatic N) is 5. The van der Waals surface area contributed by atoms with Crippen LogP contribution in [0.4, 0.5) is 13.2 Å². The zero-order chi connectivity index (χ0) is 25.7. The highest BCUT2D eigenvalue weighted by atomic mass is 19.2. The lowest BCUT2D eigenvalue weighted by atomic mass is 9.87. The van der Waals surface area contributed by atoms with Gasteiger partial charge in [-0.2, -0.15) is 10.2 Å². The maximum absolute atomic E-state index is 14.1. The molecule has 0 spiro atoms. The fraction of sp³-hybridized carbons (Fsp3) is 0.346. The van der Waals surface area contributed by atoms with Crippen LogP contribution in [-0.4, -0.2) is 43.4 Å². The Kier molecular flexibility index (Phi) is 5.97. The quantitative estimate of drug-likeness (QED) is 0.361. The van der Waals surface area contributed by atoms with Crippen molar-refractivity contribution in [2.24, 2.45) is 7.05 Å². The molecule has 2 unspecified atom stereocenters. The van der Waals surface area contributed by atoms with Crippen molar-refractivity contribution in [2.75, 3.05) is 7.11 Å². The number of methoxy groups -OCH3 is 1. The number of amides is 1. The van der Waals surface area contributed by atoms with Gasteiger partial charge >= 0.3 is 0 Å². The Balaban J connectivity index is 1.63. The van der Waals surface area contributed by atoms with Crippen molar-refractivity contribution in [3.63, 3.8) is 0 Å². The van der Waals surface area contributed by atoms with Crippen molar-refractivity contribution in [3.8, 4) is 17.0 Å². The molecule has 0 N–H and O–H groups in total. The molecule has 0 fully saturated rings. The first kappa shape index (κ1) is 23.9. The summed E-state index contributed by atoms with van der Waals surface area (Å²) < 4.78 is 50.4. The standard InChI is InChI=1S/C26H26F3N5O2/c1-5-15-12-16-23(31-32(3)24(16)14-10-18(27)22(29)19(28)11-14)20(6-2)34(15)26(35)17-13-30-33-9-7-8-21(36-4)25(17)33/h7-11,13,15,20H,5-6,12H2,1-4H3. The van der Waals surface area contributed by atoms with E-state index in [0.717, 1.165) is 17.7 Å². The zero-order valence-corrected chi connectivity index (χ0v) is 20.4. The Bertz CT molecular complexity index is 1460. The summed E-state index contributed by atoms with van der Waals surface area (Å²) in [5, 5.41) is 9.02. The fourth-order valence-corrected chi connectivity index (χ4v) is 5.34. The molecule has 7 nitrogen and oxygen atoms in total. The summed E-state index contributed by atoms with van der Waals surface area (Å²) in [6.07, 6.45) is 4.97. The first-order valence-corrected chi connectivity index (χ1v) is 11.8. The number of aryl methyl sites for hydroxylation is 1. The molecule has 0 saturated heterocycles. The highest BCUT2D eigenvalue weighted by Crippen LogP contribution is 2.42. The second-order valence-electron chi connectivity index (χ2n) is 8.92. The molecule has 1 amide bonds. The molecule has 3 aromatic heterocycles. The highest BCUT2D eigenvalue weighted by molar-refractivity contribution is 6.02. The van der Waals surface area contributed by atoms with Gasteiger partial charge in [0.25, 0.3) is 5.91 Å². The molecule has 5 rings (SSSR count). The predicted octanol–water partition coefficient (Wildman–Crippen LogP) is 5.09. The van der Waals surface area contributed by atoms with E-state index in [1.54, 1.807) is 47.9 Å². The molecule has 2 atom stereocenters. The summed E-state index contributed by atoms with van der Waals surface area (Å²) >= 11 is 0. The van der Waals surface area contributed by atoms with Crippen LogP contribution >= 0.6 is 0 Å². The van der Waals surface area contributed by atoms with Gasteiger partial charge in [-0.1, -0.05) is 13.8 Å². The molecule has 4 aromatic rings. The molecule has 0 radical (unpaired) electrons. The molecule has 188 valence electrons. The van der Waals surface area contributed by atoms with Gasteiger partial charge in [-0.25, -0.2) is 17.7 Å². The second-order valence-corrected chi connectivity index (χ2v) is 8.92. The molecule has 0 bridgehead atoms. The van der Waals surface area contributed by atoms with Crippen LogP contribution < -0.4 is 4.74 Å². The Labute approximate surface area is 206 Å². The Morgan fingerprint density at radius 2 is 1.89 bits per heavy atom. The highest BCUT2D eigenvalue weighted by Gasteiger charge is 2.41. The molecule has 10 heteroatoms. The lowest BCUT2D eigenvalue weighted by Crippen LogP contribution is -2.47. The number of carbonyl (C=O) groups excluding carboxylic acids is 1. The Morgan fingerprint density at radius 1 is 1.17 bits per heavy atom. The van der Waals surface area contributed by atoms with Crippen LogP contribution in [0.15, 0.2) is 36.7 Å². The van der Waals surface area contributed by atoms with E-state index in [0.29, 0.717) is 47.5 Å². The fourth-order valence-electron chi connectivity index (χ4n) is 5.34. The number of carbonyl (C=O) groups is 1. The normalized spacial score (nSPS) is 17.5. The van der Waals surface area contributed by atoms with E-state index in [2.05, 4.69) is 10.2 Å². The van der Waals surface area contributed by atoms with Gasteiger partial charge in [-0.05, 0) is 43.5 Å². The molecule has 0 saturated carbocycles. The molecule has 1 aliphatic rings. The number of hydrogen-bond donors (Lipinski definition) is 0. The van der Waals surface area contributed by atoms with E-state index >= 15 is 0 Å². The van der Waals surface area contributed by atoms with Crippen LogP contribution in [0.25, 0.3) is 16.8 Å². The van der Waals surface area contributed by atoms with Crippen LogP contribution in [0, 0.1) is 17.5 Å². The number of hydrogen-bond acceptors (Lipinski definition) is 4. The molecular weight excluding hydrogens is 471 g/mol. The van der Waals surface area contributed by atoms with E-state index in [1.165, 1.54) is 0 Å². The first-order chi connectivity index (χ1) is 17.3. The third kappa shape index (κ3) is 3.54. The number of halogens is 3. The first-order valence-electron chi connectivity index (χ1n) is 11.8. The van der Waals surface area contributed by atoms with E-state index in [9.17, 15) is 18.0 Å². The van der Waals surface area contributed by atoms with Gasteiger partial charge in [0.15, 0.2) is 17.5 Å². The van der Waals surface area contributed by atoms with Gasteiger partial charge < -0.3 is 9.64 Å². The van der Waals surface area contributed by atoms with E-state index < -0.39 is 17.5 Å². The maximum Gasteiger partial charge on any atom is 0.258 e. The van der Waals surface area contributed by atoms with Gasteiger partial charge in [0.2, 0.25) is 0 Å². The monoisotopic (exact) mass is 497 g/mol. The third-order valence-corrected chi connectivity index (χ3v) is 6.96. The summed E-state index contributed by atoms with van der Waals surface area (Å²) in [7, 11) is 3.23. The predicted molar refractivity (Wildman–Crippen MR) is 127 cm³/mol. The third-order valence-electron chi connectivity index (χ3n) is 6.96. The summed E-state index contributed by atoms with van der Waals surface area (Å²) in [5.41, 5.74) is 3.21. The molecule has 1 aliphatic heterocycles. The van der Waals surface area contributed by atoms with E-state index in [4.69, 9.17) is 4.74 Å². The van der Waals surface area contributed by atoms with E-state index in [1.807, 2.05) is 18.7 Å². The van der Waals surface area contributed by atoms with Gasteiger partial charge in [-0.15, -0.1) is 0 Å². The van der Waals surface area contributed by atoms with Crippen molar-refractivity contribution >= 4 is 11.4 Å². The molecule has 36 heavy (non-hydrogen) atoms. The van der Waals surface area contributed by atoms with E-state index in [-0.39, 0.29) is 23.6 Å². The minimum atomic E-state index is -1.51. The van der Waals surface area contributed by atoms with Crippen molar-refractivity contribution in [1.82, 2.24) is 24.3 Å². The van der Waals surface area contributed by atoms with Crippen LogP contribution in [0.2, 0.25) is 0 Å². The number of aromatic nitrogens is 4. The Hall–Kier alpha value is -3.82. The van der Waals surface area contributed by atoms with Crippen LogP contribution in [0.1, 0.15) is 54.3 Å². The topological polar surface area (TPSA) is 64.7 Å². The molecule has 1 aromatic carbocycles. The largest absolute Gasteiger partial charge is 0.494 e. The number of ether oxygens (including phenoxy) is 1. The zero-order valence-electron chi connectivity index (χ0n) is 20.4. The van der Waals surface area contributed by atoms with Gasteiger partial charge in [-0.3, -0.25) is 9.48 Å². The summed E-state index contributed by atoms with van der Waals surface area (Å²) in [6.45, 7) is 3.96. The number of fused-ring (bicyclic) bond motifs is 2. The molecule has 0 aliphatic carbocycles. The van der Waals surface area contributed by atoms with Gasteiger partial charge in [0.05, 0.1) is 36.3 Å². The van der Waals surface area contributed by atoms with Crippen molar-refractivity contribution in [3.05, 3.63) is 70.9 Å². The SMILES string of the molecule is CCC1Cc2c(nn(C)c2-c2cc(F)c(F)c(F)c2)C(CC)N1C(=O)c1cnn2cccc(OC)c12. The van der Waals surface area contributed by atoms with Gasteiger partial charge in [0, 0.05) is 30.4 Å². The van der Waals surface area contributed by atoms with Crippen molar-refractivity contribution in [2.45, 2.75) is 45.2 Å². The van der Waals surface area contributed by atoms with Crippen LogP contribution in [-0.2, 0) is 13.5 Å². The average Bonchev–Trinajstić information content (AvgIpc) is 3.45.